The maximum Gasteiger partial charge on any atom is 0.255 e. The van der Waals surface area contributed by atoms with Gasteiger partial charge in [-0.25, -0.2) is 4.98 Å². The van der Waals surface area contributed by atoms with E-state index in [1.54, 1.807) is 55.1 Å². The van der Waals surface area contributed by atoms with Crippen LogP contribution in [0.3, 0.4) is 0 Å². The van der Waals surface area contributed by atoms with E-state index in [4.69, 9.17) is 4.74 Å². The summed E-state index contributed by atoms with van der Waals surface area (Å²) in [6.07, 6.45) is 6.48. The van der Waals surface area contributed by atoms with Gasteiger partial charge in [0.2, 0.25) is 0 Å². The number of rotatable bonds is 7. The molecule has 0 bridgehead atoms. The number of carbonyl (C=O) groups excluding carboxylic acids is 1. The molecule has 0 fully saturated rings. The Hall–Kier alpha value is -4.46. The summed E-state index contributed by atoms with van der Waals surface area (Å²) in [5.74, 6) is 0.867. The molecular formula is C25H23N5O3. The number of methoxy groups -OCH3 is 1. The molecule has 0 radical (unpaired) electrons. The van der Waals surface area contributed by atoms with Crippen molar-refractivity contribution in [2.45, 2.75) is 13.0 Å². The molecule has 166 valence electrons. The Bertz CT molecular complexity index is 1250. The van der Waals surface area contributed by atoms with E-state index in [0.717, 1.165) is 11.1 Å². The van der Waals surface area contributed by atoms with E-state index in [-0.39, 0.29) is 17.7 Å². The van der Waals surface area contributed by atoms with Crippen molar-refractivity contribution in [1.29, 1.82) is 0 Å². The SMILES string of the molecule is COc1cc(-c2cncc(N[C@H](C)c3ccc(NC(=O)c4ccncc4)cc3)n2)ccc1O. The first-order valence-corrected chi connectivity index (χ1v) is 10.3. The van der Waals surface area contributed by atoms with Crippen LogP contribution in [-0.2, 0) is 0 Å². The zero-order valence-electron chi connectivity index (χ0n) is 18.2. The highest BCUT2D eigenvalue weighted by atomic mass is 16.5. The zero-order valence-corrected chi connectivity index (χ0v) is 18.2. The van der Waals surface area contributed by atoms with Gasteiger partial charge in [-0.3, -0.25) is 14.8 Å². The first-order chi connectivity index (χ1) is 16.0. The van der Waals surface area contributed by atoms with Crippen molar-refractivity contribution in [2.24, 2.45) is 0 Å². The van der Waals surface area contributed by atoms with Gasteiger partial charge in [0.05, 0.1) is 25.2 Å². The van der Waals surface area contributed by atoms with Gasteiger partial charge < -0.3 is 20.5 Å². The third-order valence-electron chi connectivity index (χ3n) is 5.09. The number of phenolic OH excluding ortho intramolecular Hbond substituents is 1. The molecule has 1 amide bonds. The Balaban J connectivity index is 1.43. The van der Waals surface area contributed by atoms with Crippen LogP contribution in [0.2, 0.25) is 0 Å². The number of aromatic hydroxyl groups is 1. The predicted octanol–water partition coefficient (Wildman–Crippen LogP) is 4.68. The number of aromatic nitrogens is 3. The fourth-order valence-electron chi connectivity index (χ4n) is 3.28. The van der Waals surface area contributed by atoms with Crippen LogP contribution in [0.5, 0.6) is 11.5 Å². The van der Waals surface area contributed by atoms with E-state index in [2.05, 4.69) is 25.6 Å². The second kappa shape index (κ2) is 9.78. The maximum absolute atomic E-state index is 12.3. The molecule has 2 aromatic heterocycles. The topological polar surface area (TPSA) is 109 Å². The van der Waals surface area contributed by atoms with Crippen LogP contribution in [0.25, 0.3) is 11.3 Å². The van der Waals surface area contributed by atoms with Gasteiger partial charge in [-0.05, 0) is 55.0 Å². The van der Waals surface area contributed by atoms with Gasteiger partial charge in [-0.2, -0.15) is 0 Å². The van der Waals surface area contributed by atoms with Crippen LogP contribution in [0.15, 0.2) is 79.4 Å². The van der Waals surface area contributed by atoms with E-state index in [1.807, 2.05) is 31.2 Å². The van der Waals surface area contributed by atoms with E-state index in [0.29, 0.717) is 28.5 Å². The number of nitrogens with zero attached hydrogens (tertiary/aromatic N) is 3. The normalized spacial score (nSPS) is 11.5. The van der Waals surface area contributed by atoms with Gasteiger partial charge >= 0.3 is 0 Å². The first-order valence-electron chi connectivity index (χ1n) is 10.3. The third kappa shape index (κ3) is 5.24. The number of hydrogen-bond donors (Lipinski definition) is 3. The summed E-state index contributed by atoms with van der Waals surface area (Å²) in [7, 11) is 1.50. The molecule has 0 spiro atoms. The number of nitrogens with one attached hydrogen (secondary N) is 2. The lowest BCUT2D eigenvalue weighted by Crippen LogP contribution is -2.12. The molecule has 4 aromatic rings. The van der Waals surface area contributed by atoms with Crippen molar-refractivity contribution in [3.8, 4) is 22.8 Å². The number of benzene rings is 2. The fourth-order valence-corrected chi connectivity index (χ4v) is 3.28. The summed E-state index contributed by atoms with van der Waals surface area (Å²) >= 11 is 0. The molecule has 1 atom stereocenters. The summed E-state index contributed by atoms with van der Waals surface area (Å²) in [6, 6.07) is 15.9. The number of pyridine rings is 1. The molecule has 8 nitrogen and oxygen atoms in total. The molecule has 0 unspecified atom stereocenters. The van der Waals surface area contributed by atoms with Crippen LogP contribution in [-0.4, -0.2) is 33.1 Å². The average Bonchev–Trinajstić information content (AvgIpc) is 2.85. The first kappa shape index (κ1) is 21.8. The Morgan fingerprint density at radius 3 is 2.48 bits per heavy atom. The molecule has 0 saturated heterocycles. The van der Waals surface area contributed by atoms with E-state index < -0.39 is 0 Å². The van der Waals surface area contributed by atoms with Crippen molar-refractivity contribution in [1.82, 2.24) is 15.0 Å². The lowest BCUT2D eigenvalue weighted by molar-refractivity contribution is 0.102. The highest BCUT2D eigenvalue weighted by Crippen LogP contribution is 2.31. The minimum atomic E-state index is -0.186. The quantitative estimate of drug-likeness (QED) is 0.382. The monoisotopic (exact) mass is 441 g/mol. The minimum absolute atomic E-state index is 0.0474. The number of hydrogen-bond acceptors (Lipinski definition) is 7. The van der Waals surface area contributed by atoms with Crippen LogP contribution >= 0.6 is 0 Å². The fraction of sp³-hybridized carbons (Fsp3) is 0.120. The van der Waals surface area contributed by atoms with Crippen LogP contribution in [0.4, 0.5) is 11.5 Å². The molecule has 33 heavy (non-hydrogen) atoms. The van der Waals surface area contributed by atoms with Crippen molar-refractivity contribution in [3.05, 3.63) is 90.5 Å². The van der Waals surface area contributed by atoms with Crippen molar-refractivity contribution < 1.29 is 14.6 Å². The van der Waals surface area contributed by atoms with E-state index >= 15 is 0 Å². The van der Waals surface area contributed by atoms with Crippen LogP contribution in [0.1, 0.15) is 28.9 Å². The summed E-state index contributed by atoms with van der Waals surface area (Å²) in [5, 5.41) is 16.0. The second-order valence-electron chi connectivity index (χ2n) is 7.35. The summed E-state index contributed by atoms with van der Waals surface area (Å²) in [6.45, 7) is 2.02. The molecule has 0 aliphatic rings. The number of ether oxygens (including phenoxy) is 1. The van der Waals surface area contributed by atoms with Gasteiger partial charge in [0, 0.05) is 35.2 Å². The lowest BCUT2D eigenvalue weighted by Gasteiger charge is -2.16. The molecule has 0 aliphatic carbocycles. The highest BCUT2D eigenvalue weighted by Gasteiger charge is 2.11. The Labute approximate surface area is 191 Å². The van der Waals surface area contributed by atoms with Crippen LogP contribution < -0.4 is 15.4 Å². The maximum atomic E-state index is 12.3. The molecular weight excluding hydrogens is 418 g/mol. The molecule has 3 N–H and O–H groups in total. The third-order valence-corrected chi connectivity index (χ3v) is 5.09. The minimum Gasteiger partial charge on any atom is -0.504 e. The lowest BCUT2D eigenvalue weighted by atomic mass is 10.1. The van der Waals surface area contributed by atoms with Gasteiger partial charge in [0.25, 0.3) is 5.91 Å². The molecule has 0 saturated carbocycles. The molecule has 2 heterocycles. The Kier molecular flexibility index (Phi) is 6.45. The van der Waals surface area contributed by atoms with Crippen LogP contribution in [0, 0.1) is 0 Å². The smallest absolute Gasteiger partial charge is 0.255 e. The Morgan fingerprint density at radius 1 is 1.00 bits per heavy atom. The summed E-state index contributed by atoms with van der Waals surface area (Å²) in [5.41, 5.74) is 3.71. The van der Waals surface area contributed by atoms with Gasteiger partial charge in [-0.1, -0.05) is 12.1 Å². The van der Waals surface area contributed by atoms with Crippen molar-refractivity contribution in [2.75, 3.05) is 17.7 Å². The molecule has 2 aromatic carbocycles. The van der Waals surface area contributed by atoms with Crippen molar-refractivity contribution in [3.63, 3.8) is 0 Å². The molecule has 0 aliphatic heterocycles. The molecule has 4 rings (SSSR count). The number of carbonyl (C=O) groups is 1. The van der Waals surface area contributed by atoms with Gasteiger partial charge in [-0.15, -0.1) is 0 Å². The van der Waals surface area contributed by atoms with E-state index in [9.17, 15) is 9.90 Å². The number of phenols is 1. The number of anilines is 2. The van der Waals surface area contributed by atoms with Gasteiger partial charge in [0.15, 0.2) is 11.5 Å². The van der Waals surface area contributed by atoms with Crippen molar-refractivity contribution >= 4 is 17.4 Å². The van der Waals surface area contributed by atoms with E-state index in [1.165, 1.54) is 7.11 Å². The highest BCUT2D eigenvalue weighted by molar-refractivity contribution is 6.04. The number of amides is 1. The standard InChI is InChI=1S/C25H23N5O3/c1-16(17-3-6-20(7-4-17)29-25(32)18-9-11-26-12-10-18)28-24-15-27-14-21(30-24)19-5-8-22(31)23(13-19)33-2/h3-16,31H,1-2H3,(H,28,30)(H,29,32)/t16-/m1/s1. The van der Waals surface area contributed by atoms with Gasteiger partial charge in [0.1, 0.15) is 5.82 Å². The second-order valence-corrected chi connectivity index (χ2v) is 7.35. The zero-order chi connectivity index (χ0) is 23.2. The average molecular weight is 441 g/mol. The summed E-state index contributed by atoms with van der Waals surface area (Å²) in [4.78, 5) is 25.1. The largest absolute Gasteiger partial charge is 0.504 e. The predicted molar refractivity (Wildman–Crippen MR) is 126 cm³/mol. The summed E-state index contributed by atoms with van der Waals surface area (Å²) < 4.78 is 5.18. The molecule has 8 heteroatoms. The Morgan fingerprint density at radius 2 is 1.76 bits per heavy atom.